The zero-order valence-electron chi connectivity index (χ0n) is 30.7. The zero-order chi connectivity index (χ0) is 38.9. The number of hydrogen-bond donors (Lipinski definition) is 3. The molecular weight excluding hydrogens is 678 g/mol. The number of esters is 2. The molecule has 1 aliphatic rings. The molecule has 3 aromatic rings. The van der Waals surface area contributed by atoms with Crippen LogP contribution in [0.3, 0.4) is 0 Å². The fraction of sp³-hybridized carbons (Fsp3) is 0.350. The van der Waals surface area contributed by atoms with Crippen LogP contribution in [-0.2, 0) is 46.5 Å². The number of primary amides is 1. The smallest absolute Gasteiger partial charge is 0.351 e. The van der Waals surface area contributed by atoms with Crippen molar-refractivity contribution in [2.24, 2.45) is 16.9 Å². The van der Waals surface area contributed by atoms with Gasteiger partial charge in [0.05, 0.1) is 13.7 Å². The molecule has 0 spiro atoms. The maximum atomic E-state index is 14.4. The van der Waals surface area contributed by atoms with Crippen LogP contribution >= 0.6 is 0 Å². The molecular formula is C40H47N5O8. The highest BCUT2D eigenvalue weighted by molar-refractivity contribution is 6.02. The van der Waals surface area contributed by atoms with Gasteiger partial charge in [0.1, 0.15) is 12.1 Å². The van der Waals surface area contributed by atoms with Gasteiger partial charge in [0.25, 0.3) is 0 Å². The number of rotatable bonds is 13. The summed E-state index contributed by atoms with van der Waals surface area (Å²) in [5.41, 5.74) is 14.1. The molecule has 13 nitrogen and oxygen atoms in total. The molecule has 280 valence electrons. The molecule has 0 aliphatic carbocycles. The van der Waals surface area contributed by atoms with Gasteiger partial charge in [-0.05, 0) is 65.3 Å². The molecule has 13 heteroatoms. The Morgan fingerprint density at radius 3 is 2.11 bits per heavy atom. The van der Waals surface area contributed by atoms with E-state index in [2.05, 4.69) is 5.32 Å². The number of benzene rings is 3. The molecule has 4 rings (SSSR count). The summed E-state index contributed by atoms with van der Waals surface area (Å²) in [7, 11) is 1.19. The Labute approximate surface area is 309 Å². The Hall–Kier alpha value is -5.82. The topological polar surface area (TPSA) is 191 Å². The number of likely N-dealkylation sites (tertiary alicyclic amines) is 1. The third-order valence-corrected chi connectivity index (χ3v) is 8.91. The van der Waals surface area contributed by atoms with Crippen molar-refractivity contribution in [2.45, 2.75) is 71.8 Å². The molecule has 0 bridgehead atoms. The van der Waals surface area contributed by atoms with Crippen molar-refractivity contribution < 1.29 is 38.2 Å². The fourth-order valence-electron chi connectivity index (χ4n) is 6.02. The molecule has 53 heavy (non-hydrogen) atoms. The lowest BCUT2D eigenvalue weighted by Crippen LogP contribution is -2.57. The first-order chi connectivity index (χ1) is 25.1. The van der Waals surface area contributed by atoms with Crippen LogP contribution < -0.4 is 21.7 Å². The lowest BCUT2D eigenvalue weighted by atomic mass is 9.85. The summed E-state index contributed by atoms with van der Waals surface area (Å²) >= 11 is 0. The number of amides is 4. The maximum absolute atomic E-state index is 14.4. The number of methoxy groups -OCH3 is 1. The Morgan fingerprint density at radius 2 is 1.57 bits per heavy atom. The molecule has 3 aromatic carbocycles. The summed E-state index contributed by atoms with van der Waals surface area (Å²) in [6.07, 6.45) is 2.64. The molecule has 5 N–H and O–H groups in total. The summed E-state index contributed by atoms with van der Waals surface area (Å²) in [6, 6.07) is 18.7. The summed E-state index contributed by atoms with van der Waals surface area (Å²) in [5, 5.41) is 2.85. The Balaban J connectivity index is 1.53. The van der Waals surface area contributed by atoms with Crippen LogP contribution in [0.25, 0.3) is 6.08 Å². The third-order valence-electron chi connectivity index (χ3n) is 8.91. The SMILES string of the molecule is COC(=O)C(OC(C)=O)c1ccc(/C=C/C(=O)NC(C(=O)N2CCCC2C(=O)N(Cc2ccc(CN)cc2)c2ccc(C(N)=O)cc2)C(C)(C)C)cc1. The van der Waals surface area contributed by atoms with Gasteiger partial charge in [0.2, 0.25) is 29.7 Å². The van der Waals surface area contributed by atoms with E-state index in [1.165, 1.54) is 20.1 Å². The quantitative estimate of drug-likeness (QED) is 0.174. The standard InChI is InChI=1S/C40H47N5O8/c1-25(46)53-34(39(51)52-5)29-15-12-26(13-16-29)14-21-33(47)43-35(40(2,3)4)38(50)44-22-6-7-32(44)37(49)45(24-28-10-8-27(23-41)9-11-28)31-19-17-30(18-20-31)36(42)48/h8-21,32,34-35H,6-7,22-24,41H2,1-5H3,(H2,42,48)(H,43,47)/b21-14+. The molecule has 1 aliphatic heterocycles. The second-order valence-electron chi connectivity index (χ2n) is 13.9. The summed E-state index contributed by atoms with van der Waals surface area (Å²) < 4.78 is 9.84. The summed E-state index contributed by atoms with van der Waals surface area (Å²) in [6.45, 7) is 7.62. The molecule has 4 amide bonds. The molecule has 1 saturated heterocycles. The van der Waals surface area contributed by atoms with Gasteiger partial charge >= 0.3 is 11.9 Å². The van der Waals surface area contributed by atoms with E-state index in [1.807, 2.05) is 45.0 Å². The number of carbonyl (C=O) groups is 6. The number of nitrogens with zero attached hydrogens (tertiary/aromatic N) is 2. The lowest BCUT2D eigenvalue weighted by molar-refractivity contribution is -0.165. The molecule has 3 unspecified atom stereocenters. The van der Waals surface area contributed by atoms with Crippen LogP contribution in [0.5, 0.6) is 0 Å². The monoisotopic (exact) mass is 725 g/mol. The van der Waals surface area contributed by atoms with Crippen molar-refractivity contribution >= 4 is 47.3 Å². The van der Waals surface area contributed by atoms with Crippen LogP contribution in [0, 0.1) is 5.41 Å². The van der Waals surface area contributed by atoms with Crippen molar-refractivity contribution in [1.82, 2.24) is 10.2 Å². The first-order valence-electron chi connectivity index (χ1n) is 17.3. The van der Waals surface area contributed by atoms with E-state index in [-0.39, 0.29) is 18.4 Å². The van der Waals surface area contributed by atoms with Crippen LogP contribution in [-0.4, -0.2) is 66.2 Å². The molecule has 0 saturated carbocycles. The number of carbonyl (C=O) groups excluding carboxylic acids is 6. The number of anilines is 1. The number of ether oxygens (including phenoxy) is 2. The predicted octanol–water partition coefficient (Wildman–Crippen LogP) is 3.79. The van der Waals surface area contributed by atoms with E-state index < -0.39 is 47.4 Å². The summed E-state index contributed by atoms with van der Waals surface area (Å²) in [5.74, 6) is -3.16. The van der Waals surface area contributed by atoms with Crippen LogP contribution in [0.1, 0.15) is 79.3 Å². The van der Waals surface area contributed by atoms with Gasteiger partial charge in [-0.15, -0.1) is 0 Å². The van der Waals surface area contributed by atoms with Crippen LogP contribution in [0.2, 0.25) is 0 Å². The lowest BCUT2D eigenvalue weighted by Gasteiger charge is -2.36. The van der Waals surface area contributed by atoms with E-state index in [0.717, 1.165) is 11.1 Å². The van der Waals surface area contributed by atoms with Crippen molar-refractivity contribution in [3.63, 3.8) is 0 Å². The number of hydrogen-bond acceptors (Lipinski definition) is 9. The average molecular weight is 726 g/mol. The van der Waals surface area contributed by atoms with Gasteiger partial charge in [-0.2, -0.15) is 0 Å². The third kappa shape index (κ3) is 10.4. The van der Waals surface area contributed by atoms with E-state index in [4.69, 9.17) is 20.9 Å². The van der Waals surface area contributed by atoms with Crippen molar-refractivity contribution in [3.8, 4) is 0 Å². The second-order valence-corrected chi connectivity index (χ2v) is 13.9. The fourth-order valence-corrected chi connectivity index (χ4v) is 6.02. The van der Waals surface area contributed by atoms with E-state index in [1.54, 1.807) is 64.4 Å². The van der Waals surface area contributed by atoms with Crippen LogP contribution in [0.4, 0.5) is 5.69 Å². The normalized spacial score (nSPS) is 15.4. The van der Waals surface area contributed by atoms with Gasteiger partial charge in [-0.1, -0.05) is 69.3 Å². The van der Waals surface area contributed by atoms with Gasteiger partial charge in [-0.25, -0.2) is 4.79 Å². The van der Waals surface area contributed by atoms with E-state index in [0.29, 0.717) is 48.3 Å². The Bertz CT molecular complexity index is 1830. The largest absolute Gasteiger partial charge is 0.466 e. The number of nitrogens with two attached hydrogens (primary N) is 2. The minimum Gasteiger partial charge on any atom is -0.466 e. The van der Waals surface area contributed by atoms with Gasteiger partial charge in [0.15, 0.2) is 0 Å². The minimum absolute atomic E-state index is 0.205. The van der Waals surface area contributed by atoms with Gasteiger partial charge in [0, 0.05) is 42.9 Å². The minimum atomic E-state index is -1.23. The maximum Gasteiger partial charge on any atom is 0.351 e. The van der Waals surface area contributed by atoms with Gasteiger partial charge in [-0.3, -0.25) is 24.0 Å². The highest BCUT2D eigenvalue weighted by atomic mass is 16.6. The van der Waals surface area contributed by atoms with Crippen molar-refractivity contribution in [2.75, 3.05) is 18.6 Å². The van der Waals surface area contributed by atoms with E-state index in [9.17, 15) is 28.8 Å². The highest BCUT2D eigenvalue weighted by Crippen LogP contribution is 2.29. The molecule has 1 heterocycles. The van der Waals surface area contributed by atoms with Crippen molar-refractivity contribution in [1.29, 1.82) is 0 Å². The molecule has 1 fully saturated rings. The Kier molecular flexibility index (Phi) is 13.3. The molecule has 0 radical (unpaired) electrons. The predicted molar refractivity (Wildman–Crippen MR) is 199 cm³/mol. The second kappa shape index (κ2) is 17.6. The zero-order valence-corrected chi connectivity index (χ0v) is 30.7. The number of nitrogens with one attached hydrogen (secondary N) is 1. The van der Waals surface area contributed by atoms with Gasteiger partial charge < -0.3 is 36.1 Å². The Morgan fingerprint density at radius 1 is 0.943 bits per heavy atom. The van der Waals surface area contributed by atoms with Crippen LogP contribution in [0.15, 0.2) is 78.9 Å². The molecule has 3 atom stereocenters. The molecule has 0 aromatic heterocycles. The highest BCUT2D eigenvalue weighted by Gasteiger charge is 2.43. The summed E-state index contributed by atoms with van der Waals surface area (Å²) in [4.78, 5) is 80.4. The van der Waals surface area contributed by atoms with E-state index >= 15 is 0 Å². The first-order valence-corrected chi connectivity index (χ1v) is 17.3. The first kappa shape index (κ1) is 40.0. The van der Waals surface area contributed by atoms with Crippen molar-refractivity contribution in [3.05, 3.63) is 107 Å². The average Bonchev–Trinajstić information content (AvgIpc) is 3.64.